The fraction of sp³-hybridized carbons (Fsp3) is 0.867. The van der Waals surface area contributed by atoms with Crippen LogP contribution >= 0.6 is 0 Å². The average Bonchev–Trinajstić information content (AvgIpc) is 3.04. The summed E-state index contributed by atoms with van der Waals surface area (Å²) in [6.07, 6.45) is 8.80. The normalized spacial score (nSPS) is 23.7. The van der Waals surface area contributed by atoms with Crippen molar-refractivity contribution in [2.45, 2.75) is 63.9 Å². The van der Waals surface area contributed by atoms with Gasteiger partial charge in [-0.2, -0.15) is 4.98 Å². The maximum Gasteiger partial charge on any atom is 0.227 e. The molecule has 20 heavy (non-hydrogen) atoms. The maximum absolute atomic E-state index is 5.98. The highest BCUT2D eigenvalue weighted by atomic mass is 16.5. The van der Waals surface area contributed by atoms with Crippen molar-refractivity contribution in [3.8, 4) is 0 Å². The van der Waals surface area contributed by atoms with Crippen molar-refractivity contribution >= 4 is 0 Å². The lowest BCUT2D eigenvalue weighted by atomic mass is 9.67. The summed E-state index contributed by atoms with van der Waals surface area (Å²) >= 11 is 0. The van der Waals surface area contributed by atoms with Gasteiger partial charge in [0.2, 0.25) is 11.7 Å². The lowest BCUT2D eigenvalue weighted by Gasteiger charge is -2.39. The van der Waals surface area contributed by atoms with E-state index >= 15 is 0 Å². The molecule has 2 aliphatic carbocycles. The number of rotatable bonds is 6. The summed E-state index contributed by atoms with van der Waals surface area (Å²) < 4.78 is 11.5. The Morgan fingerprint density at radius 2 is 1.95 bits per heavy atom. The Bertz CT molecular complexity index is 442. The molecule has 0 radical (unpaired) electrons. The molecule has 2 fully saturated rings. The third-order valence-electron chi connectivity index (χ3n) is 5.08. The Balaban J connectivity index is 1.75. The van der Waals surface area contributed by atoms with E-state index in [0.29, 0.717) is 13.2 Å². The number of nitrogens with two attached hydrogens (primary N) is 1. The average molecular weight is 279 g/mol. The minimum atomic E-state index is -0.300. The van der Waals surface area contributed by atoms with Crippen molar-refractivity contribution in [2.75, 3.05) is 13.2 Å². The molecule has 0 amide bonds. The molecule has 0 bridgehead atoms. The van der Waals surface area contributed by atoms with Crippen molar-refractivity contribution < 1.29 is 9.26 Å². The predicted molar refractivity (Wildman–Crippen MR) is 75.1 cm³/mol. The molecule has 2 saturated carbocycles. The summed E-state index contributed by atoms with van der Waals surface area (Å²) in [5.74, 6) is 1.48. The van der Waals surface area contributed by atoms with Crippen molar-refractivity contribution in [1.29, 1.82) is 0 Å². The van der Waals surface area contributed by atoms with E-state index in [1.807, 2.05) is 6.92 Å². The van der Waals surface area contributed by atoms with Crippen LogP contribution in [0.4, 0.5) is 0 Å². The topological polar surface area (TPSA) is 74.2 Å². The van der Waals surface area contributed by atoms with Crippen molar-refractivity contribution in [3.63, 3.8) is 0 Å². The number of hydrogen-bond acceptors (Lipinski definition) is 5. The molecule has 112 valence electrons. The molecule has 0 aromatic carbocycles. The Labute approximate surface area is 120 Å². The van der Waals surface area contributed by atoms with Crippen molar-refractivity contribution in [3.05, 3.63) is 11.7 Å². The van der Waals surface area contributed by atoms with Crippen LogP contribution in [-0.2, 0) is 16.8 Å². The highest BCUT2D eigenvalue weighted by Gasteiger charge is 2.42. The summed E-state index contributed by atoms with van der Waals surface area (Å²) in [6, 6.07) is 0. The molecule has 5 heteroatoms. The molecule has 0 unspecified atom stereocenters. The highest BCUT2D eigenvalue weighted by Crippen LogP contribution is 2.44. The largest absolute Gasteiger partial charge is 0.367 e. The van der Waals surface area contributed by atoms with Gasteiger partial charge in [0.25, 0.3) is 0 Å². The van der Waals surface area contributed by atoms with Gasteiger partial charge in [-0.25, -0.2) is 0 Å². The zero-order valence-electron chi connectivity index (χ0n) is 12.4. The van der Waals surface area contributed by atoms with Crippen LogP contribution in [0.1, 0.15) is 63.6 Å². The first-order valence-electron chi connectivity index (χ1n) is 7.89. The predicted octanol–water partition coefficient (Wildman–Crippen LogP) is 2.55. The van der Waals surface area contributed by atoms with Gasteiger partial charge in [-0.1, -0.05) is 11.6 Å². The minimum Gasteiger partial charge on any atom is -0.367 e. The van der Waals surface area contributed by atoms with Gasteiger partial charge in [0.05, 0.1) is 0 Å². The molecule has 0 spiro atoms. The highest BCUT2D eigenvalue weighted by molar-refractivity contribution is 5.06. The maximum atomic E-state index is 5.98. The van der Waals surface area contributed by atoms with Gasteiger partial charge in [-0.15, -0.1) is 0 Å². The minimum absolute atomic E-state index is 0.207. The van der Waals surface area contributed by atoms with Crippen LogP contribution in [0, 0.1) is 5.41 Å². The Morgan fingerprint density at radius 3 is 2.50 bits per heavy atom. The second-order valence-electron chi connectivity index (χ2n) is 6.38. The molecule has 5 nitrogen and oxygen atoms in total. The molecule has 1 heterocycles. The SMILES string of the molecule is CCOC1(c2noc(CC3(CN)CCC3)n2)CCCC1. The van der Waals surface area contributed by atoms with Gasteiger partial charge in [-0.3, -0.25) is 0 Å². The molecule has 1 aromatic heterocycles. The third kappa shape index (κ3) is 2.37. The number of nitrogens with zero attached hydrogens (tertiary/aromatic N) is 2. The van der Waals surface area contributed by atoms with Crippen molar-refractivity contribution in [1.82, 2.24) is 10.1 Å². The number of hydrogen-bond donors (Lipinski definition) is 1. The molecule has 3 rings (SSSR count). The standard InChI is InChI=1S/C15H25N3O2/c1-2-19-15(8-3-4-9-15)13-17-12(20-18-13)10-14(11-16)6-5-7-14/h2-11,16H2,1H3. The fourth-order valence-corrected chi connectivity index (χ4v) is 3.62. The Hall–Kier alpha value is -0.940. The molecule has 2 N–H and O–H groups in total. The van der Waals surface area contributed by atoms with Crippen LogP contribution in [0.25, 0.3) is 0 Å². The quantitative estimate of drug-likeness (QED) is 0.866. The third-order valence-corrected chi connectivity index (χ3v) is 5.08. The lowest BCUT2D eigenvalue weighted by Crippen LogP contribution is -2.39. The van der Waals surface area contributed by atoms with E-state index in [2.05, 4.69) is 10.1 Å². The molecule has 2 aliphatic rings. The van der Waals surface area contributed by atoms with Crippen LogP contribution in [0.2, 0.25) is 0 Å². The second kappa shape index (κ2) is 5.45. The molecular formula is C15H25N3O2. The van der Waals surface area contributed by atoms with E-state index in [4.69, 9.17) is 15.0 Å². The van der Waals surface area contributed by atoms with Crippen molar-refractivity contribution in [2.24, 2.45) is 11.1 Å². The fourth-order valence-electron chi connectivity index (χ4n) is 3.62. The van der Waals surface area contributed by atoms with E-state index in [9.17, 15) is 0 Å². The molecule has 0 atom stereocenters. The molecule has 0 aliphatic heterocycles. The van der Waals surface area contributed by atoms with E-state index in [1.165, 1.54) is 32.1 Å². The van der Waals surface area contributed by atoms with Crippen LogP contribution in [0.5, 0.6) is 0 Å². The smallest absolute Gasteiger partial charge is 0.227 e. The first-order valence-corrected chi connectivity index (χ1v) is 7.89. The monoisotopic (exact) mass is 279 g/mol. The van der Waals surface area contributed by atoms with Crippen LogP contribution in [0.3, 0.4) is 0 Å². The Kier molecular flexibility index (Phi) is 3.82. The van der Waals surface area contributed by atoms with Crippen LogP contribution in [-0.4, -0.2) is 23.3 Å². The zero-order chi connectivity index (χ0) is 14.1. The van der Waals surface area contributed by atoms with Gasteiger partial charge >= 0.3 is 0 Å². The second-order valence-corrected chi connectivity index (χ2v) is 6.38. The van der Waals surface area contributed by atoms with Crippen LogP contribution < -0.4 is 5.73 Å². The summed E-state index contributed by atoms with van der Waals surface area (Å²) in [4.78, 5) is 4.64. The van der Waals surface area contributed by atoms with Gasteiger partial charge in [0.15, 0.2) is 0 Å². The number of ether oxygens (including phenoxy) is 1. The van der Waals surface area contributed by atoms with E-state index in [1.54, 1.807) is 0 Å². The lowest BCUT2D eigenvalue weighted by molar-refractivity contribution is -0.0469. The van der Waals surface area contributed by atoms with Gasteiger partial charge in [0, 0.05) is 13.0 Å². The van der Waals surface area contributed by atoms with Gasteiger partial charge < -0.3 is 15.0 Å². The van der Waals surface area contributed by atoms with Crippen LogP contribution in [0.15, 0.2) is 4.52 Å². The summed E-state index contributed by atoms with van der Waals surface area (Å²) in [5.41, 5.74) is 5.81. The number of aromatic nitrogens is 2. The first-order chi connectivity index (χ1) is 9.72. The zero-order valence-corrected chi connectivity index (χ0v) is 12.4. The summed E-state index contributed by atoms with van der Waals surface area (Å²) in [5, 5.41) is 4.21. The van der Waals surface area contributed by atoms with Gasteiger partial charge in [0.1, 0.15) is 5.60 Å². The summed E-state index contributed by atoms with van der Waals surface area (Å²) in [6.45, 7) is 3.43. The first kappa shape index (κ1) is 14.0. The van der Waals surface area contributed by atoms with E-state index in [0.717, 1.165) is 31.0 Å². The Morgan fingerprint density at radius 1 is 1.20 bits per heavy atom. The van der Waals surface area contributed by atoms with E-state index < -0.39 is 0 Å². The molecule has 0 saturated heterocycles. The molecule has 1 aromatic rings. The van der Waals surface area contributed by atoms with E-state index in [-0.39, 0.29) is 11.0 Å². The van der Waals surface area contributed by atoms with Gasteiger partial charge in [-0.05, 0) is 57.4 Å². The summed E-state index contributed by atoms with van der Waals surface area (Å²) in [7, 11) is 0. The molecular weight excluding hydrogens is 254 g/mol.